The fourth-order valence-electron chi connectivity index (χ4n) is 5.34. The van der Waals surface area contributed by atoms with Gasteiger partial charge in [-0.15, -0.1) is 11.3 Å². The molecule has 2 atom stereocenters. The van der Waals surface area contributed by atoms with E-state index in [1.54, 1.807) is 23.0 Å². The van der Waals surface area contributed by atoms with Crippen molar-refractivity contribution in [2.24, 2.45) is 10.8 Å². The number of nitrogens with zero attached hydrogens (tertiary/aromatic N) is 3. The van der Waals surface area contributed by atoms with Gasteiger partial charge < -0.3 is 10.2 Å². The van der Waals surface area contributed by atoms with Crippen molar-refractivity contribution in [3.63, 3.8) is 0 Å². The zero-order valence-corrected chi connectivity index (χ0v) is 18.7. The molecular weight excluding hydrogens is 400 g/mol. The Bertz CT molecular complexity index is 1010. The monoisotopic (exact) mass is 428 g/mol. The first-order chi connectivity index (χ1) is 14.0. The third kappa shape index (κ3) is 4.19. The van der Waals surface area contributed by atoms with Crippen LogP contribution in [0, 0.1) is 10.8 Å². The number of thiophene rings is 1. The van der Waals surface area contributed by atoms with Gasteiger partial charge in [-0.25, -0.2) is 0 Å². The van der Waals surface area contributed by atoms with Crippen LogP contribution in [0.2, 0.25) is 0 Å². The first kappa shape index (κ1) is 20.8. The van der Waals surface area contributed by atoms with E-state index < -0.39 is 0 Å². The van der Waals surface area contributed by atoms with Gasteiger partial charge in [0, 0.05) is 18.8 Å². The van der Waals surface area contributed by atoms with E-state index in [0.717, 1.165) is 37.1 Å². The molecule has 1 aliphatic heterocycles. The molecule has 8 heteroatoms. The number of amides is 2. The quantitative estimate of drug-likeness (QED) is 0.734. The van der Waals surface area contributed by atoms with Crippen molar-refractivity contribution in [2.45, 2.75) is 59.5 Å². The van der Waals surface area contributed by atoms with Crippen LogP contribution >= 0.6 is 11.3 Å². The zero-order chi connectivity index (χ0) is 21.7. The molecule has 1 aliphatic carbocycles. The zero-order valence-electron chi connectivity index (χ0n) is 17.9. The van der Waals surface area contributed by atoms with Crippen molar-refractivity contribution >= 4 is 34.6 Å². The molecule has 1 saturated heterocycles. The predicted octanol–water partition coefficient (Wildman–Crippen LogP) is 3.83. The lowest BCUT2D eigenvalue weighted by molar-refractivity contribution is -0.133. The molecule has 0 aromatic carbocycles. The molecule has 30 heavy (non-hydrogen) atoms. The molecule has 160 valence electrons. The number of carbonyl (C=O) groups excluding carboxylic acids is 3. The van der Waals surface area contributed by atoms with Gasteiger partial charge in [0.25, 0.3) is 5.91 Å². The molecule has 2 amide bonds. The van der Waals surface area contributed by atoms with Crippen LogP contribution in [0.1, 0.15) is 66.3 Å². The highest BCUT2D eigenvalue weighted by molar-refractivity contribution is 7.16. The van der Waals surface area contributed by atoms with Gasteiger partial charge in [-0.3, -0.25) is 19.1 Å². The molecule has 0 unspecified atom stereocenters. The summed E-state index contributed by atoms with van der Waals surface area (Å²) in [5.41, 5.74) is 0.990. The smallest absolute Gasteiger partial charge is 0.265 e. The Morgan fingerprint density at radius 2 is 1.93 bits per heavy atom. The summed E-state index contributed by atoms with van der Waals surface area (Å²) in [6.45, 7) is 9.32. The van der Waals surface area contributed by atoms with E-state index in [9.17, 15) is 14.4 Å². The van der Waals surface area contributed by atoms with Crippen molar-refractivity contribution in [2.75, 3.05) is 11.9 Å². The summed E-state index contributed by atoms with van der Waals surface area (Å²) < 4.78 is 1.57. The molecule has 3 heterocycles. The second kappa shape index (κ2) is 7.34. The molecule has 2 aliphatic rings. The third-order valence-electron chi connectivity index (χ3n) is 6.10. The summed E-state index contributed by atoms with van der Waals surface area (Å²) in [4.78, 5) is 39.8. The van der Waals surface area contributed by atoms with Gasteiger partial charge in [-0.05, 0) is 49.1 Å². The third-order valence-corrected chi connectivity index (χ3v) is 7.29. The fraction of sp³-hybridized carbons (Fsp3) is 0.545. The van der Waals surface area contributed by atoms with E-state index in [4.69, 9.17) is 0 Å². The van der Waals surface area contributed by atoms with Gasteiger partial charge in [0.15, 0.2) is 5.78 Å². The molecule has 2 aromatic rings. The van der Waals surface area contributed by atoms with Crippen molar-refractivity contribution in [1.29, 1.82) is 0 Å². The summed E-state index contributed by atoms with van der Waals surface area (Å²) in [6, 6.07) is 3.59. The molecule has 0 radical (unpaired) electrons. The standard InChI is InChI=1S/C22H28N4O3S/c1-14(27)17-5-6-18(30-17)20(29)24-15-9-23-25(10-15)11-19(28)26-13-22(4)8-16(26)7-21(2,3)12-22/h5-6,9-10,16H,7-8,11-13H2,1-4H3,(H,24,29)/t16-,22-/m1/s1. The molecule has 7 nitrogen and oxygen atoms in total. The molecule has 2 fully saturated rings. The fourth-order valence-corrected chi connectivity index (χ4v) is 6.13. The van der Waals surface area contributed by atoms with E-state index in [1.165, 1.54) is 13.1 Å². The number of hydrogen-bond acceptors (Lipinski definition) is 5. The SMILES string of the molecule is CC(=O)c1ccc(C(=O)Nc2cnn(CC(=O)N3C[C@]4(C)C[C@H]3CC(C)(C)C4)c2)s1. The highest BCUT2D eigenvalue weighted by atomic mass is 32.1. The number of anilines is 1. The van der Waals surface area contributed by atoms with Crippen molar-refractivity contribution in [3.05, 3.63) is 34.3 Å². The maximum Gasteiger partial charge on any atom is 0.265 e. The van der Waals surface area contributed by atoms with E-state index in [2.05, 4.69) is 31.2 Å². The van der Waals surface area contributed by atoms with Crippen LogP contribution in [0.4, 0.5) is 5.69 Å². The lowest BCUT2D eigenvalue weighted by Crippen LogP contribution is -2.39. The Morgan fingerprint density at radius 1 is 1.20 bits per heavy atom. The number of rotatable bonds is 5. The average Bonchev–Trinajstić information content (AvgIpc) is 3.32. The van der Waals surface area contributed by atoms with Crippen LogP contribution in [0.15, 0.2) is 24.5 Å². The normalized spacial score (nSPS) is 24.7. The molecule has 1 N–H and O–H groups in total. The number of Topliss-reactive ketones (excluding diaryl/α,β-unsaturated/α-hetero) is 1. The Labute approximate surface area is 180 Å². The van der Waals surface area contributed by atoms with Crippen LogP contribution in [-0.4, -0.2) is 44.9 Å². The highest BCUT2D eigenvalue weighted by Gasteiger charge is 2.50. The lowest BCUT2D eigenvalue weighted by Gasteiger charge is -2.39. The molecular formula is C22H28N4O3S. The van der Waals surface area contributed by atoms with Gasteiger partial charge in [0.2, 0.25) is 5.91 Å². The minimum atomic E-state index is -0.290. The molecule has 0 spiro atoms. The van der Waals surface area contributed by atoms with Crippen LogP contribution in [0.25, 0.3) is 0 Å². The van der Waals surface area contributed by atoms with Gasteiger partial charge >= 0.3 is 0 Å². The number of ketones is 1. The van der Waals surface area contributed by atoms with Gasteiger partial charge in [0.1, 0.15) is 6.54 Å². The van der Waals surface area contributed by atoms with E-state index in [1.807, 2.05) is 4.90 Å². The minimum absolute atomic E-state index is 0.0611. The van der Waals surface area contributed by atoms with Gasteiger partial charge in [0.05, 0.1) is 21.6 Å². The van der Waals surface area contributed by atoms with E-state index in [0.29, 0.717) is 21.5 Å². The Balaban J connectivity index is 1.38. The van der Waals surface area contributed by atoms with Crippen LogP contribution in [-0.2, 0) is 11.3 Å². The molecule has 2 bridgehead atoms. The number of likely N-dealkylation sites (tertiary alicyclic amines) is 1. The van der Waals surface area contributed by atoms with Crippen LogP contribution in [0.3, 0.4) is 0 Å². The van der Waals surface area contributed by atoms with Crippen LogP contribution in [0.5, 0.6) is 0 Å². The summed E-state index contributed by atoms with van der Waals surface area (Å²) in [6.07, 6.45) is 6.47. The molecule has 4 rings (SSSR count). The Morgan fingerprint density at radius 3 is 2.63 bits per heavy atom. The second-order valence-electron chi connectivity index (χ2n) is 9.84. The van der Waals surface area contributed by atoms with Crippen molar-refractivity contribution < 1.29 is 14.4 Å². The largest absolute Gasteiger partial charge is 0.338 e. The maximum absolute atomic E-state index is 13.0. The van der Waals surface area contributed by atoms with Crippen molar-refractivity contribution in [3.8, 4) is 0 Å². The first-order valence-corrected chi connectivity index (χ1v) is 11.1. The second-order valence-corrected chi connectivity index (χ2v) is 10.9. The predicted molar refractivity (Wildman–Crippen MR) is 116 cm³/mol. The van der Waals surface area contributed by atoms with Crippen molar-refractivity contribution in [1.82, 2.24) is 14.7 Å². The summed E-state index contributed by atoms with van der Waals surface area (Å²) in [5.74, 6) is -0.275. The lowest BCUT2D eigenvalue weighted by atomic mass is 9.65. The Hall–Kier alpha value is -2.48. The van der Waals surface area contributed by atoms with Crippen LogP contribution < -0.4 is 5.32 Å². The molecule has 1 saturated carbocycles. The summed E-state index contributed by atoms with van der Waals surface area (Å²) in [5, 5.41) is 7.02. The van der Waals surface area contributed by atoms with E-state index >= 15 is 0 Å². The highest BCUT2D eigenvalue weighted by Crippen LogP contribution is 2.52. The number of fused-ring (bicyclic) bond motifs is 2. The molecule has 2 aromatic heterocycles. The van der Waals surface area contributed by atoms with E-state index in [-0.39, 0.29) is 35.0 Å². The summed E-state index contributed by atoms with van der Waals surface area (Å²) >= 11 is 1.16. The summed E-state index contributed by atoms with van der Waals surface area (Å²) in [7, 11) is 0. The van der Waals surface area contributed by atoms with Gasteiger partial charge in [-0.1, -0.05) is 20.8 Å². The number of carbonyl (C=O) groups is 3. The maximum atomic E-state index is 13.0. The number of nitrogens with one attached hydrogen (secondary N) is 1. The number of hydrogen-bond donors (Lipinski definition) is 1. The number of aromatic nitrogens is 2. The average molecular weight is 429 g/mol. The Kier molecular flexibility index (Phi) is 5.08. The van der Waals surface area contributed by atoms with Gasteiger partial charge in [-0.2, -0.15) is 5.10 Å². The first-order valence-electron chi connectivity index (χ1n) is 10.3. The topological polar surface area (TPSA) is 84.3 Å². The minimum Gasteiger partial charge on any atom is -0.338 e.